The first-order chi connectivity index (χ1) is 13.9. The van der Waals surface area contributed by atoms with Crippen molar-refractivity contribution >= 4 is 21.6 Å². The highest BCUT2D eigenvalue weighted by Gasteiger charge is 2.27. The standard InChI is InChI=1S/C22H28N2O4S/c1-17-10-11-19(22(25)23-20-9-7-8-18(14-20)16-28-2)15-21(17)29(26,27)24-12-5-3-4-6-13-24/h7-11,14-15H,3-6,12-13,16H2,1-2H3,(H,23,25). The lowest BCUT2D eigenvalue weighted by Crippen LogP contribution is -2.32. The summed E-state index contributed by atoms with van der Waals surface area (Å²) in [6, 6.07) is 12.2. The Bertz CT molecular complexity index is 965. The van der Waals surface area contributed by atoms with Crippen molar-refractivity contribution in [3.8, 4) is 0 Å². The first-order valence-corrected chi connectivity index (χ1v) is 11.4. The monoisotopic (exact) mass is 416 g/mol. The highest BCUT2D eigenvalue weighted by Crippen LogP contribution is 2.24. The Hall–Kier alpha value is -2.22. The molecule has 156 valence electrons. The van der Waals surface area contributed by atoms with Gasteiger partial charge in [-0.2, -0.15) is 4.31 Å². The van der Waals surface area contributed by atoms with E-state index in [4.69, 9.17) is 4.74 Å². The van der Waals surface area contributed by atoms with E-state index in [2.05, 4.69) is 5.32 Å². The minimum absolute atomic E-state index is 0.209. The summed E-state index contributed by atoms with van der Waals surface area (Å²) in [4.78, 5) is 13.0. The number of anilines is 1. The van der Waals surface area contributed by atoms with Crippen molar-refractivity contribution in [3.63, 3.8) is 0 Å². The molecule has 1 aliphatic heterocycles. The van der Waals surface area contributed by atoms with Gasteiger partial charge in [-0.1, -0.05) is 31.0 Å². The molecule has 0 bridgehead atoms. The second kappa shape index (κ2) is 9.52. The average Bonchev–Trinajstić information content (AvgIpc) is 2.99. The Morgan fingerprint density at radius 3 is 2.48 bits per heavy atom. The third kappa shape index (κ3) is 5.23. The van der Waals surface area contributed by atoms with Crippen LogP contribution in [0.25, 0.3) is 0 Å². The van der Waals surface area contributed by atoms with Crippen molar-refractivity contribution in [3.05, 3.63) is 59.2 Å². The number of carbonyl (C=O) groups excluding carboxylic acids is 1. The fourth-order valence-electron chi connectivity index (χ4n) is 3.55. The lowest BCUT2D eigenvalue weighted by molar-refractivity contribution is 0.102. The zero-order chi connectivity index (χ0) is 20.9. The fourth-order valence-corrected chi connectivity index (χ4v) is 5.32. The second-order valence-electron chi connectivity index (χ2n) is 7.39. The van der Waals surface area contributed by atoms with Gasteiger partial charge in [0, 0.05) is 31.5 Å². The largest absolute Gasteiger partial charge is 0.380 e. The number of nitrogens with zero attached hydrogens (tertiary/aromatic N) is 1. The van der Waals surface area contributed by atoms with Crippen LogP contribution in [0.3, 0.4) is 0 Å². The number of amides is 1. The van der Waals surface area contributed by atoms with E-state index < -0.39 is 10.0 Å². The summed E-state index contributed by atoms with van der Waals surface area (Å²) in [6.45, 7) is 3.28. The van der Waals surface area contributed by atoms with Crippen molar-refractivity contribution in [2.24, 2.45) is 0 Å². The van der Waals surface area contributed by atoms with Gasteiger partial charge in [0.25, 0.3) is 5.91 Å². The number of methoxy groups -OCH3 is 1. The highest BCUT2D eigenvalue weighted by molar-refractivity contribution is 7.89. The molecule has 7 heteroatoms. The molecule has 1 aliphatic rings. The quantitative estimate of drug-likeness (QED) is 0.773. The average molecular weight is 417 g/mol. The summed E-state index contributed by atoms with van der Waals surface area (Å²) >= 11 is 0. The minimum atomic E-state index is -3.62. The number of carbonyl (C=O) groups is 1. The smallest absolute Gasteiger partial charge is 0.255 e. The Labute approximate surface area is 172 Å². The van der Waals surface area contributed by atoms with E-state index in [1.54, 1.807) is 36.5 Å². The van der Waals surface area contributed by atoms with Crippen molar-refractivity contribution in [1.29, 1.82) is 0 Å². The van der Waals surface area contributed by atoms with Crippen LogP contribution in [-0.2, 0) is 21.4 Å². The summed E-state index contributed by atoms with van der Waals surface area (Å²) in [5.41, 5.74) is 2.55. The normalized spacial score (nSPS) is 15.7. The maximum Gasteiger partial charge on any atom is 0.255 e. The number of nitrogens with one attached hydrogen (secondary N) is 1. The van der Waals surface area contributed by atoms with E-state index in [0.29, 0.717) is 36.5 Å². The molecule has 1 heterocycles. The summed E-state index contributed by atoms with van der Waals surface area (Å²) in [6.07, 6.45) is 3.84. The number of ether oxygens (including phenoxy) is 1. The number of hydrogen-bond donors (Lipinski definition) is 1. The van der Waals surface area contributed by atoms with Gasteiger partial charge in [0.1, 0.15) is 0 Å². The molecule has 1 N–H and O–H groups in total. The Balaban J connectivity index is 1.84. The molecule has 29 heavy (non-hydrogen) atoms. The first-order valence-electron chi connectivity index (χ1n) is 9.92. The van der Waals surface area contributed by atoms with Gasteiger partial charge in [0.15, 0.2) is 0 Å². The molecule has 0 radical (unpaired) electrons. The molecular formula is C22H28N2O4S. The fraction of sp³-hybridized carbons (Fsp3) is 0.409. The molecule has 0 spiro atoms. The van der Waals surface area contributed by atoms with E-state index >= 15 is 0 Å². The summed E-state index contributed by atoms with van der Waals surface area (Å²) in [5, 5.41) is 2.84. The van der Waals surface area contributed by atoms with E-state index in [9.17, 15) is 13.2 Å². The lowest BCUT2D eigenvalue weighted by atomic mass is 10.1. The number of rotatable bonds is 6. The van der Waals surface area contributed by atoms with Gasteiger partial charge in [0.05, 0.1) is 11.5 Å². The second-order valence-corrected chi connectivity index (χ2v) is 9.29. The predicted octanol–water partition coefficient (Wildman–Crippen LogP) is 3.96. The van der Waals surface area contributed by atoms with Crippen molar-refractivity contribution in [2.45, 2.75) is 44.1 Å². The van der Waals surface area contributed by atoms with Crippen LogP contribution in [0.1, 0.15) is 47.2 Å². The molecule has 3 rings (SSSR count). The molecule has 0 atom stereocenters. The topological polar surface area (TPSA) is 75.7 Å². The van der Waals surface area contributed by atoms with Crippen LogP contribution in [0, 0.1) is 6.92 Å². The van der Waals surface area contributed by atoms with Crippen LogP contribution < -0.4 is 5.32 Å². The first kappa shape index (κ1) is 21.5. The van der Waals surface area contributed by atoms with Gasteiger partial charge in [0.2, 0.25) is 10.0 Å². The molecule has 2 aromatic rings. The van der Waals surface area contributed by atoms with Crippen LogP contribution in [0.15, 0.2) is 47.4 Å². The molecule has 1 amide bonds. The van der Waals surface area contributed by atoms with Gasteiger partial charge < -0.3 is 10.1 Å². The number of hydrogen-bond acceptors (Lipinski definition) is 4. The summed E-state index contributed by atoms with van der Waals surface area (Å²) in [7, 11) is -2.01. The molecule has 0 aromatic heterocycles. The van der Waals surface area contributed by atoms with Crippen molar-refractivity contribution < 1.29 is 17.9 Å². The maximum absolute atomic E-state index is 13.2. The van der Waals surface area contributed by atoms with Crippen LogP contribution in [-0.4, -0.2) is 38.8 Å². The van der Waals surface area contributed by atoms with Gasteiger partial charge >= 0.3 is 0 Å². The van der Waals surface area contributed by atoms with E-state index in [1.165, 1.54) is 6.07 Å². The van der Waals surface area contributed by atoms with Gasteiger partial charge in [-0.15, -0.1) is 0 Å². The van der Waals surface area contributed by atoms with Gasteiger partial charge in [-0.05, 0) is 55.2 Å². The molecule has 1 saturated heterocycles. The van der Waals surface area contributed by atoms with Crippen LogP contribution >= 0.6 is 0 Å². The number of benzene rings is 2. The third-order valence-corrected chi connectivity index (χ3v) is 7.17. The highest BCUT2D eigenvalue weighted by atomic mass is 32.2. The molecule has 0 aliphatic carbocycles. The summed E-state index contributed by atoms with van der Waals surface area (Å²) < 4.78 is 33.1. The molecule has 0 saturated carbocycles. The maximum atomic E-state index is 13.2. The lowest BCUT2D eigenvalue weighted by Gasteiger charge is -2.21. The molecule has 0 unspecified atom stereocenters. The molecule has 6 nitrogen and oxygen atoms in total. The van der Waals surface area contributed by atoms with Crippen molar-refractivity contribution in [2.75, 3.05) is 25.5 Å². The number of sulfonamides is 1. The van der Waals surface area contributed by atoms with E-state index in [1.807, 2.05) is 18.2 Å². The Kier molecular flexibility index (Phi) is 7.05. The zero-order valence-electron chi connectivity index (χ0n) is 17.0. The van der Waals surface area contributed by atoms with Crippen LogP contribution in [0.4, 0.5) is 5.69 Å². The van der Waals surface area contributed by atoms with Gasteiger partial charge in [-0.3, -0.25) is 4.79 Å². The summed E-state index contributed by atoms with van der Waals surface area (Å²) in [5.74, 6) is -0.341. The van der Waals surface area contributed by atoms with Crippen molar-refractivity contribution in [1.82, 2.24) is 4.31 Å². The van der Waals surface area contributed by atoms with E-state index in [0.717, 1.165) is 31.2 Å². The number of aryl methyl sites for hydroxylation is 1. The third-order valence-electron chi connectivity index (χ3n) is 5.13. The minimum Gasteiger partial charge on any atom is -0.380 e. The Morgan fingerprint density at radius 1 is 1.07 bits per heavy atom. The molecule has 2 aromatic carbocycles. The van der Waals surface area contributed by atoms with Crippen LogP contribution in [0.2, 0.25) is 0 Å². The predicted molar refractivity (Wildman–Crippen MR) is 114 cm³/mol. The Morgan fingerprint density at radius 2 is 1.79 bits per heavy atom. The molecular weight excluding hydrogens is 388 g/mol. The van der Waals surface area contributed by atoms with Crippen LogP contribution in [0.5, 0.6) is 0 Å². The SMILES string of the molecule is COCc1cccc(NC(=O)c2ccc(C)c(S(=O)(=O)N3CCCCCC3)c2)c1. The molecule has 1 fully saturated rings. The van der Waals surface area contributed by atoms with Gasteiger partial charge in [-0.25, -0.2) is 8.42 Å². The van der Waals surface area contributed by atoms with E-state index in [-0.39, 0.29) is 10.8 Å². The zero-order valence-corrected chi connectivity index (χ0v) is 17.8.